The van der Waals surface area contributed by atoms with E-state index in [0.29, 0.717) is 0 Å². The van der Waals surface area contributed by atoms with Crippen molar-refractivity contribution >= 4 is 27.6 Å². The molecule has 0 unspecified atom stereocenters. The molecule has 1 fully saturated rings. The first kappa shape index (κ1) is 16.1. The summed E-state index contributed by atoms with van der Waals surface area (Å²) in [5, 5.41) is 9.17. The molecule has 0 atom stereocenters. The number of carboxylic acids is 1. The van der Waals surface area contributed by atoms with Gasteiger partial charge in [-0.25, -0.2) is 17.9 Å². The maximum Gasteiger partial charge on any atom is 0.339 e. The molecule has 21 heavy (non-hydrogen) atoms. The minimum absolute atomic E-state index is 0.0278. The molecule has 2 rings (SSSR count). The Morgan fingerprint density at radius 3 is 2.52 bits per heavy atom. The third-order valence-corrected chi connectivity index (χ3v) is 5.16. The number of sulfonamides is 1. The summed E-state index contributed by atoms with van der Waals surface area (Å²) in [5.74, 6) is -1.51. The van der Waals surface area contributed by atoms with E-state index in [1.807, 2.05) is 0 Å². The quantitative estimate of drug-likeness (QED) is 0.862. The lowest BCUT2D eigenvalue weighted by Gasteiger charge is -2.16. The number of ether oxygens (including phenoxy) is 1. The average molecular weight is 334 g/mol. The van der Waals surface area contributed by atoms with Crippen LogP contribution in [0.3, 0.4) is 0 Å². The summed E-state index contributed by atoms with van der Waals surface area (Å²) in [6.45, 7) is 0. The van der Waals surface area contributed by atoms with Crippen molar-refractivity contribution in [1.82, 2.24) is 4.72 Å². The Labute approximate surface area is 128 Å². The van der Waals surface area contributed by atoms with E-state index in [0.717, 1.165) is 31.7 Å². The molecule has 0 heterocycles. The molecular weight excluding hydrogens is 318 g/mol. The lowest BCUT2D eigenvalue weighted by molar-refractivity contribution is 0.0693. The van der Waals surface area contributed by atoms with E-state index in [4.69, 9.17) is 21.4 Å². The van der Waals surface area contributed by atoms with Gasteiger partial charge in [-0.3, -0.25) is 0 Å². The molecule has 6 nitrogen and oxygen atoms in total. The van der Waals surface area contributed by atoms with Gasteiger partial charge in [0.25, 0.3) is 0 Å². The normalized spacial score (nSPS) is 16.1. The summed E-state index contributed by atoms with van der Waals surface area (Å²) in [6.07, 6.45) is 3.49. The number of nitrogens with one attached hydrogen (secondary N) is 1. The molecule has 1 aromatic carbocycles. The van der Waals surface area contributed by atoms with Crippen LogP contribution in [0.2, 0.25) is 5.02 Å². The summed E-state index contributed by atoms with van der Waals surface area (Å²) in [6, 6.07) is 2.23. The number of aromatic carboxylic acids is 1. The molecule has 2 N–H and O–H groups in total. The zero-order chi connectivity index (χ0) is 15.6. The third kappa shape index (κ3) is 3.48. The van der Waals surface area contributed by atoms with Crippen LogP contribution in [0, 0.1) is 0 Å². The second-order valence-electron chi connectivity index (χ2n) is 4.89. The molecule has 0 radical (unpaired) electrons. The van der Waals surface area contributed by atoms with Crippen LogP contribution in [0.4, 0.5) is 0 Å². The Hall–Kier alpha value is -1.31. The van der Waals surface area contributed by atoms with E-state index < -0.39 is 16.0 Å². The van der Waals surface area contributed by atoms with Crippen molar-refractivity contribution in [3.05, 3.63) is 22.7 Å². The number of hydrogen-bond acceptors (Lipinski definition) is 4. The standard InChI is InChI=1S/C13H16ClNO5S/c1-20-12-10(13(16)17)6-8(14)7-11(12)21(18,19)15-9-4-2-3-5-9/h6-7,9,15H,2-5H2,1H3,(H,16,17). The first-order valence-electron chi connectivity index (χ1n) is 6.48. The van der Waals surface area contributed by atoms with Gasteiger partial charge < -0.3 is 9.84 Å². The molecule has 1 aliphatic rings. The van der Waals surface area contributed by atoms with Crippen LogP contribution >= 0.6 is 11.6 Å². The molecule has 0 bridgehead atoms. The van der Waals surface area contributed by atoms with Crippen molar-refractivity contribution in [3.63, 3.8) is 0 Å². The fourth-order valence-corrected chi connectivity index (χ4v) is 4.27. The predicted molar refractivity (Wildman–Crippen MR) is 77.5 cm³/mol. The second-order valence-corrected chi connectivity index (χ2v) is 7.01. The van der Waals surface area contributed by atoms with E-state index in [-0.39, 0.29) is 27.3 Å². The van der Waals surface area contributed by atoms with E-state index in [2.05, 4.69) is 4.72 Å². The zero-order valence-corrected chi connectivity index (χ0v) is 13.0. The lowest BCUT2D eigenvalue weighted by Crippen LogP contribution is -2.33. The number of benzene rings is 1. The number of halogens is 1. The zero-order valence-electron chi connectivity index (χ0n) is 11.4. The first-order valence-corrected chi connectivity index (χ1v) is 8.34. The summed E-state index contributed by atoms with van der Waals surface area (Å²) in [7, 11) is -2.66. The molecule has 0 aliphatic heterocycles. The average Bonchev–Trinajstić information content (AvgIpc) is 2.89. The summed E-state index contributed by atoms with van der Waals surface area (Å²) in [5.41, 5.74) is -0.281. The highest BCUT2D eigenvalue weighted by atomic mass is 35.5. The van der Waals surface area contributed by atoms with Crippen LogP contribution < -0.4 is 9.46 Å². The van der Waals surface area contributed by atoms with Crippen molar-refractivity contribution in [2.24, 2.45) is 0 Å². The lowest BCUT2D eigenvalue weighted by atomic mass is 10.2. The van der Waals surface area contributed by atoms with Crippen LogP contribution in [0.1, 0.15) is 36.0 Å². The van der Waals surface area contributed by atoms with Gasteiger partial charge in [0.15, 0.2) is 5.75 Å². The third-order valence-electron chi connectivity index (χ3n) is 3.42. The topological polar surface area (TPSA) is 92.7 Å². The molecule has 0 aromatic heterocycles. The SMILES string of the molecule is COc1c(C(=O)O)cc(Cl)cc1S(=O)(=O)NC1CCCC1. The Kier molecular flexibility index (Phi) is 4.75. The van der Waals surface area contributed by atoms with Crippen LogP contribution in [-0.2, 0) is 10.0 Å². The molecule has 116 valence electrons. The van der Waals surface area contributed by atoms with Gasteiger partial charge in [0.2, 0.25) is 10.0 Å². The fourth-order valence-electron chi connectivity index (χ4n) is 2.46. The highest BCUT2D eigenvalue weighted by Crippen LogP contribution is 2.32. The second kappa shape index (κ2) is 6.21. The Bertz CT molecular complexity index is 653. The van der Waals surface area contributed by atoms with Crippen molar-refractivity contribution in [1.29, 1.82) is 0 Å². The molecule has 8 heteroatoms. The summed E-state index contributed by atoms with van der Waals surface area (Å²) >= 11 is 5.83. The van der Waals surface area contributed by atoms with Gasteiger partial charge in [-0.2, -0.15) is 0 Å². The van der Waals surface area contributed by atoms with Crippen molar-refractivity contribution < 1.29 is 23.1 Å². The van der Waals surface area contributed by atoms with Crippen LogP contribution in [0.25, 0.3) is 0 Å². The van der Waals surface area contributed by atoms with E-state index in [1.165, 1.54) is 13.2 Å². The highest BCUT2D eigenvalue weighted by molar-refractivity contribution is 7.89. The predicted octanol–water partition coefficient (Wildman–Crippen LogP) is 2.27. The van der Waals surface area contributed by atoms with Gasteiger partial charge in [-0.1, -0.05) is 24.4 Å². The highest BCUT2D eigenvalue weighted by Gasteiger charge is 2.28. The number of hydrogen-bond donors (Lipinski definition) is 2. The molecule has 0 spiro atoms. The number of carbonyl (C=O) groups is 1. The van der Waals surface area contributed by atoms with Gasteiger partial charge in [-0.15, -0.1) is 0 Å². The van der Waals surface area contributed by atoms with Gasteiger partial charge in [0.1, 0.15) is 10.5 Å². The van der Waals surface area contributed by atoms with Crippen molar-refractivity contribution in [2.75, 3.05) is 7.11 Å². The summed E-state index contributed by atoms with van der Waals surface area (Å²) < 4.78 is 32.5. The Morgan fingerprint density at radius 1 is 1.38 bits per heavy atom. The fraction of sp³-hybridized carbons (Fsp3) is 0.462. The monoisotopic (exact) mass is 333 g/mol. The molecule has 1 aromatic rings. The van der Waals surface area contributed by atoms with Crippen molar-refractivity contribution in [3.8, 4) is 5.75 Å². The maximum absolute atomic E-state index is 12.5. The van der Waals surface area contributed by atoms with Gasteiger partial charge in [-0.05, 0) is 25.0 Å². The minimum atomic E-state index is -3.89. The maximum atomic E-state index is 12.5. The molecule has 0 saturated heterocycles. The van der Waals surface area contributed by atoms with Crippen LogP contribution in [-0.4, -0.2) is 32.6 Å². The number of carboxylic acid groups (broad SMARTS) is 1. The summed E-state index contributed by atoms with van der Waals surface area (Å²) in [4.78, 5) is 11.0. The van der Waals surface area contributed by atoms with E-state index in [9.17, 15) is 13.2 Å². The largest absolute Gasteiger partial charge is 0.494 e. The van der Waals surface area contributed by atoms with Crippen LogP contribution in [0.5, 0.6) is 5.75 Å². The molecule has 1 saturated carbocycles. The van der Waals surface area contributed by atoms with E-state index >= 15 is 0 Å². The van der Waals surface area contributed by atoms with Crippen molar-refractivity contribution in [2.45, 2.75) is 36.6 Å². The minimum Gasteiger partial charge on any atom is -0.494 e. The molecular formula is C13H16ClNO5S. The first-order chi connectivity index (χ1) is 9.85. The number of rotatable bonds is 5. The molecule has 0 amide bonds. The van der Waals surface area contributed by atoms with E-state index in [1.54, 1.807) is 0 Å². The molecule has 1 aliphatic carbocycles. The number of methoxy groups -OCH3 is 1. The smallest absolute Gasteiger partial charge is 0.339 e. The van der Waals surface area contributed by atoms with Gasteiger partial charge >= 0.3 is 5.97 Å². The van der Waals surface area contributed by atoms with Crippen LogP contribution in [0.15, 0.2) is 17.0 Å². The van der Waals surface area contributed by atoms with Gasteiger partial charge in [0.05, 0.1) is 7.11 Å². The Balaban J connectivity index is 2.48. The Morgan fingerprint density at radius 2 is 2.00 bits per heavy atom. The van der Waals surface area contributed by atoms with Gasteiger partial charge in [0, 0.05) is 11.1 Å².